The lowest BCUT2D eigenvalue weighted by Gasteiger charge is -2.59. The summed E-state index contributed by atoms with van der Waals surface area (Å²) in [7, 11) is 0. The van der Waals surface area contributed by atoms with Crippen molar-refractivity contribution in [2.45, 2.75) is 116 Å². The second kappa shape index (κ2) is 9.00. The van der Waals surface area contributed by atoms with Crippen LogP contribution in [0.15, 0.2) is 23.8 Å². The number of aliphatic hydroxyl groups excluding tert-OH is 1. The molecule has 1 N–H and O–H groups in total. The van der Waals surface area contributed by atoms with Crippen molar-refractivity contribution in [3.05, 3.63) is 23.8 Å². The van der Waals surface area contributed by atoms with Crippen LogP contribution in [0.25, 0.3) is 0 Å². The van der Waals surface area contributed by atoms with Crippen molar-refractivity contribution in [3.8, 4) is 0 Å². The lowest BCUT2D eigenvalue weighted by Crippen LogP contribution is -2.56. The molecule has 3 saturated carbocycles. The smallest absolute Gasteiger partial charge is 0.292 e. The number of ketones is 1. The fraction of sp³-hybridized carbons (Fsp3) is 0.812. The van der Waals surface area contributed by atoms with Crippen molar-refractivity contribution in [2.75, 3.05) is 6.26 Å². The Balaban J connectivity index is 1.27. The van der Waals surface area contributed by atoms with E-state index >= 15 is 0 Å². The molecule has 6 aliphatic rings. The van der Waals surface area contributed by atoms with Crippen LogP contribution in [-0.2, 0) is 23.8 Å². The fourth-order valence-electron chi connectivity index (χ4n) is 9.97. The molecule has 2 saturated heterocycles. The molecule has 4 aliphatic carbocycles. The van der Waals surface area contributed by atoms with Crippen molar-refractivity contribution < 1.29 is 28.9 Å². The quantitative estimate of drug-likeness (QED) is 0.465. The summed E-state index contributed by atoms with van der Waals surface area (Å²) in [5.41, 5.74) is -0.0293. The van der Waals surface area contributed by atoms with Gasteiger partial charge >= 0.3 is 0 Å². The van der Waals surface area contributed by atoms with Gasteiger partial charge in [0.1, 0.15) is 5.60 Å². The largest absolute Gasteiger partial charge is 0.392 e. The summed E-state index contributed by atoms with van der Waals surface area (Å²) in [5, 5.41) is 11.5. The van der Waals surface area contributed by atoms with Gasteiger partial charge in [-0.3, -0.25) is 9.59 Å². The zero-order chi connectivity index (χ0) is 28.2. The number of allylic oxidation sites excluding steroid dienone is 3. The Bertz CT molecular complexity index is 1130. The number of carbonyl (C=O) groups excluding carboxylic acids is 2. The average Bonchev–Trinajstić information content (AvgIpc) is 3.26. The van der Waals surface area contributed by atoms with E-state index in [1.165, 1.54) is 11.8 Å². The molecule has 2 bridgehead atoms. The number of hydrogen-bond donors (Lipinski definition) is 1. The Labute approximate surface area is 237 Å². The van der Waals surface area contributed by atoms with Crippen LogP contribution in [0.2, 0.25) is 0 Å². The van der Waals surface area contributed by atoms with E-state index < -0.39 is 23.3 Å². The third-order valence-electron chi connectivity index (χ3n) is 12.4. The van der Waals surface area contributed by atoms with Gasteiger partial charge < -0.3 is 19.3 Å². The maximum atomic E-state index is 12.5. The second-order valence-electron chi connectivity index (χ2n) is 14.6. The molecule has 5 fully saturated rings. The van der Waals surface area contributed by atoms with Crippen LogP contribution in [0.5, 0.6) is 0 Å². The monoisotopic (exact) mass is 558 g/mol. The summed E-state index contributed by atoms with van der Waals surface area (Å²) < 4.78 is 19.5. The van der Waals surface area contributed by atoms with Gasteiger partial charge in [-0.05, 0) is 106 Å². The first-order valence-electron chi connectivity index (χ1n) is 14.9. The van der Waals surface area contributed by atoms with E-state index in [-0.39, 0.29) is 46.1 Å². The molecule has 11 atom stereocenters. The molecule has 2 heterocycles. The molecule has 0 spiro atoms. The molecule has 0 aromatic carbocycles. The van der Waals surface area contributed by atoms with Gasteiger partial charge in [0, 0.05) is 11.8 Å². The van der Waals surface area contributed by atoms with Crippen LogP contribution in [0.4, 0.5) is 0 Å². The number of carbonyl (C=O) groups is 2. The molecule has 0 unspecified atom stereocenters. The number of rotatable bonds is 4. The molecule has 0 aromatic heterocycles. The summed E-state index contributed by atoms with van der Waals surface area (Å²) in [4.78, 5) is 24.7. The van der Waals surface area contributed by atoms with Crippen molar-refractivity contribution in [1.82, 2.24) is 0 Å². The molecule has 0 radical (unpaired) electrons. The predicted molar refractivity (Wildman–Crippen MR) is 151 cm³/mol. The third-order valence-corrected chi connectivity index (χ3v) is 13.0. The normalized spacial score (nSPS) is 50.6. The zero-order valence-corrected chi connectivity index (χ0v) is 25.4. The number of hydrogen-bond acceptors (Lipinski definition) is 7. The first-order chi connectivity index (χ1) is 18.2. The Morgan fingerprint density at radius 1 is 1.13 bits per heavy atom. The van der Waals surface area contributed by atoms with E-state index in [1.54, 1.807) is 18.4 Å². The maximum Gasteiger partial charge on any atom is 0.292 e. The molecular weight excluding hydrogens is 512 g/mol. The summed E-state index contributed by atoms with van der Waals surface area (Å²) >= 11 is 1.19. The maximum absolute atomic E-state index is 12.5. The van der Waals surface area contributed by atoms with Crippen LogP contribution < -0.4 is 0 Å². The van der Waals surface area contributed by atoms with E-state index in [0.29, 0.717) is 24.2 Å². The summed E-state index contributed by atoms with van der Waals surface area (Å²) in [6, 6.07) is 0. The van der Waals surface area contributed by atoms with Crippen molar-refractivity contribution in [3.63, 3.8) is 0 Å². The molecule has 7 heteroatoms. The molecule has 6 rings (SSSR count). The number of ether oxygens (including phenoxy) is 3. The number of fused-ring (bicyclic) bond motifs is 7. The summed E-state index contributed by atoms with van der Waals surface area (Å²) in [6.07, 6.45) is 12.8. The highest BCUT2D eigenvalue weighted by atomic mass is 32.2. The number of aliphatic hydroxyl groups is 1. The SMILES string of the molecule is CSC(=O)C[C@@]12O[C@H]([C@@H](C)[C@H]3CC[C@H]4[C@@H]5[C@H](O)CC6=CC(=O)C=C[C@]6(C)[C@H]5CC[C@]34C)C[C@@](C)(O1)C(C)(C)O2. The molecule has 2 aliphatic heterocycles. The van der Waals surface area contributed by atoms with Gasteiger partial charge in [-0.25, -0.2) is 0 Å². The minimum Gasteiger partial charge on any atom is -0.392 e. The van der Waals surface area contributed by atoms with Gasteiger partial charge in [-0.15, -0.1) is 0 Å². The van der Waals surface area contributed by atoms with Gasteiger partial charge in [0.05, 0.1) is 24.2 Å². The van der Waals surface area contributed by atoms with Crippen molar-refractivity contribution >= 4 is 22.7 Å². The highest BCUT2D eigenvalue weighted by Gasteiger charge is 2.68. The highest BCUT2D eigenvalue weighted by Crippen LogP contribution is 2.68. The van der Waals surface area contributed by atoms with E-state index in [4.69, 9.17) is 14.2 Å². The molecule has 0 amide bonds. The Kier molecular flexibility index (Phi) is 6.50. The third kappa shape index (κ3) is 4.04. The topological polar surface area (TPSA) is 82.1 Å². The van der Waals surface area contributed by atoms with Crippen molar-refractivity contribution in [1.29, 1.82) is 0 Å². The molecule has 39 heavy (non-hydrogen) atoms. The van der Waals surface area contributed by atoms with Gasteiger partial charge in [-0.2, -0.15) is 0 Å². The van der Waals surface area contributed by atoms with E-state index in [2.05, 4.69) is 33.8 Å². The van der Waals surface area contributed by atoms with Crippen LogP contribution >= 0.6 is 11.8 Å². The second-order valence-corrected chi connectivity index (χ2v) is 15.4. The average molecular weight is 559 g/mol. The molecule has 216 valence electrons. The van der Waals surface area contributed by atoms with Gasteiger partial charge in [-0.1, -0.05) is 44.2 Å². The lowest BCUT2D eigenvalue weighted by molar-refractivity contribution is -0.392. The lowest BCUT2D eigenvalue weighted by atomic mass is 9.46. The van der Waals surface area contributed by atoms with Crippen LogP contribution in [0.1, 0.15) is 86.5 Å². The highest BCUT2D eigenvalue weighted by molar-refractivity contribution is 8.13. The number of thioether (sulfide) groups is 1. The van der Waals surface area contributed by atoms with E-state index in [9.17, 15) is 14.7 Å². The van der Waals surface area contributed by atoms with Crippen LogP contribution in [0, 0.1) is 40.4 Å². The van der Waals surface area contributed by atoms with Gasteiger partial charge in [0.15, 0.2) is 10.9 Å². The van der Waals surface area contributed by atoms with Gasteiger partial charge in [0.2, 0.25) is 0 Å². The Morgan fingerprint density at radius 2 is 1.87 bits per heavy atom. The standard InChI is InChI=1S/C32H46O6S/c1-18(25-16-31(6)28(2,3)37-32(36-25,38-31)17-26(35)39-7)21-8-9-22-27-23(11-13-30(21,22)5)29(4)12-10-20(33)14-19(29)15-24(27)34/h10,12,14,18,21-25,27,34H,8-9,11,13,15-17H2,1-7H3/t18-,21+,22-,23-,24+,25-,27-,29-,30+,31+,32-/m0/s1. The minimum absolute atomic E-state index is 0.00114. The first-order valence-corrected chi connectivity index (χ1v) is 16.2. The molecular formula is C32H46O6S. The van der Waals surface area contributed by atoms with Gasteiger partial charge in [0.25, 0.3) is 5.97 Å². The van der Waals surface area contributed by atoms with E-state index in [1.807, 2.05) is 13.8 Å². The Morgan fingerprint density at radius 3 is 2.59 bits per heavy atom. The molecule has 6 nitrogen and oxygen atoms in total. The minimum atomic E-state index is -1.33. The first kappa shape index (κ1) is 28.1. The zero-order valence-electron chi connectivity index (χ0n) is 24.6. The predicted octanol–water partition coefficient (Wildman–Crippen LogP) is 5.82. The van der Waals surface area contributed by atoms with Crippen molar-refractivity contribution in [2.24, 2.45) is 40.4 Å². The fourth-order valence-corrected chi connectivity index (χ4v) is 10.3. The molecule has 0 aromatic rings. The van der Waals surface area contributed by atoms with Crippen LogP contribution in [0.3, 0.4) is 0 Å². The Hall–Kier alpha value is -0.990. The summed E-state index contributed by atoms with van der Waals surface area (Å²) in [6.45, 7) is 13.3. The summed E-state index contributed by atoms with van der Waals surface area (Å²) in [5.74, 6) is 0.465. The van der Waals surface area contributed by atoms with E-state index in [0.717, 1.165) is 37.7 Å². The van der Waals surface area contributed by atoms with Crippen LogP contribution in [-0.4, -0.2) is 51.6 Å².